The van der Waals surface area contributed by atoms with Crippen molar-refractivity contribution in [2.24, 2.45) is 0 Å². The van der Waals surface area contributed by atoms with Gasteiger partial charge in [0.2, 0.25) is 0 Å². The van der Waals surface area contributed by atoms with Crippen molar-refractivity contribution in [3.8, 4) is 0 Å². The fourth-order valence-electron chi connectivity index (χ4n) is 2.25. The van der Waals surface area contributed by atoms with Crippen LogP contribution in [0.2, 0.25) is 0 Å². The number of imidazole rings is 1. The van der Waals surface area contributed by atoms with Gasteiger partial charge in [-0.2, -0.15) is 11.8 Å². The van der Waals surface area contributed by atoms with Gasteiger partial charge in [-0.25, -0.2) is 4.98 Å². The third-order valence-corrected chi connectivity index (χ3v) is 4.17. The van der Waals surface area contributed by atoms with Crippen LogP contribution in [0.1, 0.15) is 31.5 Å². The molecule has 0 radical (unpaired) electrons. The van der Waals surface area contributed by atoms with Crippen molar-refractivity contribution in [3.63, 3.8) is 0 Å². The summed E-state index contributed by atoms with van der Waals surface area (Å²) in [5, 5.41) is 0. The number of alkyl halides is 1. The van der Waals surface area contributed by atoms with Crippen LogP contribution in [0.5, 0.6) is 0 Å². The topological polar surface area (TPSA) is 30.7 Å². The normalized spacial score (nSPS) is 11.3. The van der Waals surface area contributed by atoms with Gasteiger partial charge >= 0.3 is 0 Å². The first-order valence-corrected chi connectivity index (χ1v) is 8.63. The standard InChI is InChI=1S/C14H20ClN3S/c1-19-9-5-3-2-4-8-18-13-6-7-16-11-12(13)17-14(18)10-15/h6-7,11H,2-5,8-10H2,1H3. The number of halogens is 1. The Bertz CT molecular complexity index is 512. The highest BCUT2D eigenvalue weighted by atomic mass is 35.5. The number of hydrogen-bond acceptors (Lipinski definition) is 3. The van der Waals surface area contributed by atoms with E-state index in [1.165, 1.54) is 31.4 Å². The van der Waals surface area contributed by atoms with E-state index in [1.807, 2.05) is 24.0 Å². The molecule has 0 N–H and O–H groups in total. The average molecular weight is 298 g/mol. The Labute approximate surface area is 123 Å². The minimum Gasteiger partial charge on any atom is -0.327 e. The molecule has 0 saturated carbocycles. The highest BCUT2D eigenvalue weighted by Gasteiger charge is 2.08. The first-order valence-electron chi connectivity index (χ1n) is 6.71. The largest absolute Gasteiger partial charge is 0.327 e. The third-order valence-electron chi connectivity index (χ3n) is 3.23. The maximum Gasteiger partial charge on any atom is 0.124 e. The van der Waals surface area contributed by atoms with E-state index in [0.29, 0.717) is 5.88 Å². The first-order chi connectivity index (χ1) is 9.36. The van der Waals surface area contributed by atoms with Crippen LogP contribution >= 0.6 is 23.4 Å². The van der Waals surface area contributed by atoms with Gasteiger partial charge in [0, 0.05) is 12.7 Å². The predicted molar refractivity (Wildman–Crippen MR) is 83.9 cm³/mol. The van der Waals surface area contributed by atoms with Gasteiger partial charge in [-0.1, -0.05) is 12.8 Å². The molecule has 104 valence electrons. The van der Waals surface area contributed by atoms with Crippen LogP contribution < -0.4 is 0 Å². The van der Waals surface area contributed by atoms with Crippen molar-refractivity contribution in [2.75, 3.05) is 12.0 Å². The van der Waals surface area contributed by atoms with Gasteiger partial charge in [0.25, 0.3) is 0 Å². The van der Waals surface area contributed by atoms with E-state index in [4.69, 9.17) is 11.6 Å². The molecule has 0 aromatic carbocycles. The van der Waals surface area contributed by atoms with E-state index in [9.17, 15) is 0 Å². The zero-order valence-corrected chi connectivity index (χ0v) is 12.9. The first kappa shape index (κ1) is 14.7. The van der Waals surface area contributed by atoms with E-state index in [0.717, 1.165) is 23.4 Å². The molecule has 0 aliphatic carbocycles. The summed E-state index contributed by atoms with van der Waals surface area (Å²) in [7, 11) is 0. The zero-order valence-electron chi connectivity index (χ0n) is 11.3. The third kappa shape index (κ3) is 3.86. The summed E-state index contributed by atoms with van der Waals surface area (Å²) in [6.07, 6.45) is 10.9. The molecule has 0 fully saturated rings. The molecule has 0 unspecified atom stereocenters. The van der Waals surface area contributed by atoms with Gasteiger partial charge in [0.05, 0.1) is 17.6 Å². The minimum atomic E-state index is 0.459. The molecule has 0 amide bonds. The van der Waals surface area contributed by atoms with E-state index >= 15 is 0 Å². The molecular weight excluding hydrogens is 278 g/mol. The number of pyridine rings is 1. The summed E-state index contributed by atoms with van der Waals surface area (Å²) in [5.74, 6) is 2.68. The summed E-state index contributed by atoms with van der Waals surface area (Å²) >= 11 is 7.90. The van der Waals surface area contributed by atoms with Crippen LogP contribution in [0.15, 0.2) is 18.5 Å². The Morgan fingerprint density at radius 2 is 2.11 bits per heavy atom. The summed E-state index contributed by atoms with van der Waals surface area (Å²) < 4.78 is 2.23. The molecule has 2 aromatic rings. The predicted octanol–water partition coefficient (Wildman–Crippen LogP) is 4.09. The zero-order chi connectivity index (χ0) is 13.5. The van der Waals surface area contributed by atoms with Crippen molar-refractivity contribution in [1.29, 1.82) is 0 Å². The summed E-state index contributed by atoms with van der Waals surface area (Å²) in [5.41, 5.74) is 2.09. The molecule has 19 heavy (non-hydrogen) atoms. The molecule has 5 heteroatoms. The van der Waals surface area contributed by atoms with Crippen molar-refractivity contribution < 1.29 is 0 Å². The summed E-state index contributed by atoms with van der Waals surface area (Å²) in [4.78, 5) is 8.64. The fraction of sp³-hybridized carbons (Fsp3) is 0.571. The van der Waals surface area contributed by atoms with Gasteiger partial charge in [0.1, 0.15) is 11.3 Å². The van der Waals surface area contributed by atoms with E-state index < -0.39 is 0 Å². The van der Waals surface area contributed by atoms with Gasteiger partial charge < -0.3 is 4.57 Å². The number of unbranched alkanes of at least 4 members (excludes halogenated alkanes) is 3. The van der Waals surface area contributed by atoms with Gasteiger partial charge in [0.15, 0.2) is 0 Å². The molecular formula is C14H20ClN3S. The Morgan fingerprint density at radius 1 is 1.26 bits per heavy atom. The van der Waals surface area contributed by atoms with Crippen molar-refractivity contribution in [1.82, 2.24) is 14.5 Å². The van der Waals surface area contributed by atoms with Crippen LogP contribution in [0.3, 0.4) is 0 Å². The van der Waals surface area contributed by atoms with E-state index in [2.05, 4.69) is 20.8 Å². The number of aromatic nitrogens is 3. The van der Waals surface area contributed by atoms with Crippen LogP contribution in [0, 0.1) is 0 Å². The molecule has 0 aliphatic heterocycles. The lowest BCUT2D eigenvalue weighted by atomic mass is 10.2. The minimum absolute atomic E-state index is 0.459. The molecule has 0 bridgehead atoms. The molecule has 0 spiro atoms. The molecule has 0 saturated heterocycles. The maximum atomic E-state index is 5.98. The van der Waals surface area contributed by atoms with E-state index in [1.54, 1.807) is 6.20 Å². The monoisotopic (exact) mass is 297 g/mol. The lowest BCUT2D eigenvalue weighted by Gasteiger charge is -2.07. The quantitative estimate of drug-likeness (QED) is 0.543. The summed E-state index contributed by atoms with van der Waals surface area (Å²) in [6, 6.07) is 2.02. The van der Waals surface area contributed by atoms with Crippen LogP contribution in [0.25, 0.3) is 11.0 Å². The second-order valence-electron chi connectivity index (χ2n) is 4.58. The number of thioether (sulfide) groups is 1. The Hall–Kier alpha value is -0.740. The fourth-order valence-corrected chi connectivity index (χ4v) is 2.95. The molecule has 0 atom stereocenters. The van der Waals surface area contributed by atoms with Gasteiger partial charge in [-0.15, -0.1) is 11.6 Å². The molecule has 2 rings (SSSR count). The molecule has 2 aromatic heterocycles. The van der Waals surface area contributed by atoms with Gasteiger partial charge in [-0.3, -0.25) is 4.98 Å². The van der Waals surface area contributed by atoms with Gasteiger partial charge in [-0.05, 0) is 30.9 Å². The SMILES string of the molecule is CSCCCCCCn1c(CCl)nc2cnccc21. The molecule has 3 nitrogen and oxygen atoms in total. The summed E-state index contributed by atoms with van der Waals surface area (Å²) in [6.45, 7) is 1.00. The van der Waals surface area contributed by atoms with E-state index in [-0.39, 0.29) is 0 Å². The Kier molecular flexibility index (Phi) is 5.98. The number of aryl methyl sites for hydroxylation is 1. The molecule has 0 aliphatic rings. The van der Waals surface area contributed by atoms with Crippen LogP contribution in [-0.2, 0) is 12.4 Å². The lowest BCUT2D eigenvalue weighted by Crippen LogP contribution is -2.02. The second kappa shape index (κ2) is 7.75. The smallest absolute Gasteiger partial charge is 0.124 e. The van der Waals surface area contributed by atoms with Crippen molar-refractivity contribution in [2.45, 2.75) is 38.1 Å². The molecule has 2 heterocycles. The Balaban J connectivity index is 1.95. The second-order valence-corrected chi connectivity index (χ2v) is 5.84. The van der Waals surface area contributed by atoms with Crippen LogP contribution in [-0.4, -0.2) is 26.5 Å². The maximum absolute atomic E-state index is 5.98. The number of hydrogen-bond donors (Lipinski definition) is 0. The number of fused-ring (bicyclic) bond motifs is 1. The average Bonchev–Trinajstić information content (AvgIpc) is 2.81. The highest BCUT2D eigenvalue weighted by Crippen LogP contribution is 2.17. The van der Waals surface area contributed by atoms with Crippen LogP contribution in [0.4, 0.5) is 0 Å². The van der Waals surface area contributed by atoms with Crippen molar-refractivity contribution in [3.05, 3.63) is 24.3 Å². The number of nitrogens with zero attached hydrogens (tertiary/aromatic N) is 3. The lowest BCUT2D eigenvalue weighted by molar-refractivity contribution is 0.582. The van der Waals surface area contributed by atoms with Crippen molar-refractivity contribution >= 4 is 34.4 Å². The highest BCUT2D eigenvalue weighted by molar-refractivity contribution is 7.98. The Morgan fingerprint density at radius 3 is 2.89 bits per heavy atom. The number of rotatable bonds is 8.